The third kappa shape index (κ3) is 6.14. The van der Waals surface area contributed by atoms with Crippen LogP contribution in [-0.2, 0) is 9.59 Å². The number of rotatable bonds is 8. The number of alkyl halides is 2. The third-order valence-corrected chi connectivity index (χ3v) is 4.80. The second-order valence-electron chi connectivity index (χ2n) is 6.62. The van der Waals surface area contributed by atoms with E-state index in [-0.39, 0.29) is 29.9 Å². The number of carboxylic acids is 1. The topological polar surface area (TPSA) is 82.1 Å². The zero-order valence-electron chi connectivity index (χ0n) is 15.4. The minimum atomic E-state index is -2.97. The SMILES string of the molecule is CC(C(=O)Nc1ccccc1OC(F)F)N1CCC(N(C)CC(=O)O)CC1. The molecule has 1 fully saturated rings. The average molecular weight is 385 g/mol. The molecule has 2 rings (SSSR count). The number of likely N-dealkylation sites (tertiary alicyclic amines) is 1. The number of amides is 1. The van der Waals surface area contributed by atoms with Crippen LogP contribution in [0.1, 0.15) is 19.8 Å². The Morgan fingerprint density at radius 3 is 2.56 bits per heavy atom. The molecule has 150 valence electrons. The van der Waals surface area contributed by atoms with Gasteiger partial charge in [0.05, 0.1) is 18.3 Å². The van der Waals surface area contributed by atoms with Crippen molar-refractivity contribution < 1.29 is 28.2 Å². The van der Waals surface area contributed by atoms with Crippen LogP contribution in [0, 0.1) is 0 Å². The average Bonchev–Trinajstić information content (AvgIpc) is 2.62. The lowest BCUT2D eigenvalue weighted by atomic mass is 10.0. The first-order valence-electron chi connectivity index (χ1n) is 8.78. The molecule has 1 saturated heterocycles. The highest BCUT2D eigenvalue weighted by Crippen LogP contribution is 2.26. The number of halogens is 2. The number of carbonyl (C=O) groups is 2. The van der Waals surface area contributed by atoms with Gasteiger partial charge in [0.25, 0.3) is 0 Å². The van der Waals surface area contributed by atoms with E-state index in [4.69, 9.17) is 5.11 Å². The largest absolute Gasteiger partial charge is 0.480 e. The van der Waals surface area contributed by atoms with Crippen molar-refractivity contribution in [1.29, 1.82) is 0 Å². The zero-order valence-corrected chi connectivity index (χ0v) is 15.4. The van der Waals surface area contributed by atoms with Crippen molar-refractivity contribution in [2.45, 2.75) is 38.5 Å². The van der Waals surface area contributed by atoms with Gasteiger partial charge in [-0.05, 0) is 38.9 Å². The van der Waals surface area contributed by atoms with Crippen molar-refractivity contribution in [3.8, 4) is 5.75 Å². The summed E-state index contributed by atoms with van der Waals surface area (Å²) in [7, 11) is 1.78. The Kier molecular flexibility index (Phi) is 7.49. The number of hydrogen-bond acceptors (Lipinski definition) is 5. The predicted octanol–water partition coefficient (Wildman–Crippen LogP) is 2.10. The fourth-order valence-electron chi connectivity index (χ4n) is 3.23. The Morgan fingerprint density at radius 1 is 1.33 bits per heavy atom. The van der Waals surface area contributed by atoms with Crippen molar-refractivity contribution in [2.24, 2.45) is 0 Å². The fraction of sp³-hybridized carbons (Fsp3) is 0.556. The van der Waals surface area contributed by atoms with Gasteiger partial charge in [-0.3, -0.25) is 19.4 Å². The Labute approximate surface area is 156 Å². The number of para-hydroxylation sites is 2. The summed E-state index contributed by atoms with van der Waals surface area (Å²) in [5, 5.41) is 11.5. The molecule has 1 aromatic rings. The summed E-state index contributed by atoms with van der Waals surface area (Å²) >= 11 is 0. The standard InChI is InChI=1S/C18H25F2N3O4/c1-12(23-9-7-13(8-10-23)22(2)11-16(24)25)17(26)21-14-5-3-4-6-15(14)27-18(19)20/h3-6,12-13,18H,7-11H2,1-2H3,(H,21,26)(H,24,25). The molecule has 1 aliphatic heterocycles. The highest BCUT2D eigenvalue weighted by molar-refractivity contribution is 5.95. The Bertz CT molecular complexity index is 651. The van der Waals surface area contributed by atoms with E-state index in [1.165, 1.54) is 12.1 Å². The fourth-order valence-corrected chi connectivity index (χ4v) is 3.23. The maximum absolute atomic E-state index is 12.5. The van der Waals surface area contributed by atoms with E-state index in [1.54, 1.807) is 26.1 Å². The van der Waals surface area contributed by atoms with Crippen LogP contribution in [0.3, 0.4) is 0 Å². The molecule has 1 aromatic carbocycles. The summed E-state index contributed by atoms with van der Waals surface area (Å²) < 4.78 is 29.4. The summed E-state index contributed by atoms with van der Waals surface area (Å²) in [6.07, 6.45) is 1.51. The van der Waals surface area contributed by atoms with E-state index in [9.17, 15) is 18.4 Å². The maximum atomic E-state index is 12.5. The number of carbonyl (C=O) groups excluding carboxylic acids is 1. The summed E-state index contributed by atoms with van der Waals surface area (Å²) in [4.78, 5) is 27.2. The van der Waals surface area contributed by atoms with Gasteiger partial charge in [-0.2, -0.15) is 8.78 Å². The number of hydrogen-bond donors (Lipinski definition) is 2. The van der Waals surface area contributed by atoms with Gasteiger partial charge in [0.1, 0.15) is 5.75 Å². The van der Waals surface area contributed by atoms with Crippen molar-refractivity contribution in [2.75, 3.05) is 32.0 Å². The van der Waals surface area contributed by atoms with E-state index in [1.807, 2.05) is 9.80 Å². The van der Waals surface area contributed by atoms with Crippen molar-refractivity contribution in [1.82, 2.24) is 9.80 Å². The molecule has 1 amide bonds. The Balaban J connectivity index is 1.91. The minimum absolute atomic E-state index is 0.0123. The van der Waals surface area contributed by atoms with Gasteiger partial charge in [0.2, 0.25) is 5.91 Å². The first-order chi connectivity index (χ1) is 12.8. The van der Waals surface area contributed by atoms with Gasteiger partial charge >= 0.3 is 12.6 Å². The van der Waals surface area contributed by atoms with Crippen LogP contribution >= 0.6 is 0 Å². The number of carboxylic acid groups (broad SMARTS) is 1. The molecule has 7 nitrogen and oxygen atoms in total. The Hall–Kier alpha value is -2.26. The van der Waals surface area contributed by atoms with Crippen molar-refractivity contribution in [3.63, 3.8) is 0 Å². The molecule has 0 aromatic heterocycles. The highest BCUT2D eigenvalue weighted by atomic mass is 19.3. The molecule has 0 saturated carbocycles. The van der Waals surface area contributed by atoms with Gasteiger partial charge in [-0.1, -0.05) is 12.1 Å². The van der Waals surface area contributed by atoms with Gasteiger partial charge in [0.15, 0.2) is 0 Å². The number of likely N-dealkylation sites (N-methyl/N-ethyl adjacent to an activating group) is 1. The van der Waals surface area contributed by atoms with Crippen LogP contribution < -0.4 is 10.1 Å². The van der Waals surface area contributed by atoms with Crippen molar-refractivity contribution in [3.05, 3.63) is 24.3 Å². The number of aliphatic carboxylic acids is 1. The lowest BCUT2D eigenvalue weighted by molar-refractivity contribution is -0.138. The second-order valence-corrected chi connectivity index (χ2v) is 6.62. The minimum Gasteiger partial charge on any atom is -0.480 e. The molecule has 0 spiro atoms. The van der Waals surface area contributed by atoms with Gasteiger partial charge in [0, 0.05) is 19.1 Å². The number of nitrogens with one attached hydrogen (secondary N) is 1. The zero-order chi connectivity index (χ0) is 20.0. The molecule has 1 aliphatic rings. The lowest BCUT2D eigenvalue weighted by Crippen LogP contribution is -2.50. The highest BCUT2D eigenvalue weighted by Gasteiger charge is 2.29. The Morgan fingerprint density at radius 2 is 1.96 bits per heavy atom. The molecule has 1 atom stereocenters. The van der Waals surface area contributed by atoms with Crippen LogP contribution in [-0.4, -0.2) is 72.2 Å². The molecular weight excluding hydrogens is 360 g/mol. The quantitative estimate of drug-likeness (QED) is 0.713. The van der Waals surface area contributed by atoms with Gasteiger partial charge < -0.3 is 15.2 Å². The van der Waals surface area contributed by atoms with Crippen molar-refractivity contribution >= 4 is 17.6 Å². The number of benzene rings is 1. The molecular formula is C18H25F2N3O4. The molecule has 0 radical (unpaired) electrons. The number of nitrogens with zero attached hydrogens (tertiary/aromatic N) is 2. The number of piperidine rings is 1. The summed E-state index contributed by atoms with van der Waals surface area (Å²) in [5.41, 5.74) is 0.200. The number of ether oxygens (including phenoxy) is 1. The normalized spacial score (nSPS) is 17.1. The van der Waals surface area contributed by atoms with Gasteiger partial charge in [-0.15, -0.1) is 0 Å². The summed E-state index contributed by atoms with van der Waals surface area (Å²) in [6.45, 7) is 0.0771. The molecule has 0 bridgehead atoms. The van der Waals surface area contributed by atoms with Crippen LogP contribution in [0.15, 0.2) is 24.3 Å². The van der Waals surface area contributed by atoms with Crippen LogP contribution in [0.4, 0.5) is 14.5 Å². The van der Waals surface area contributed by atoms with E-state index in [2.05, 4.69) is 10.1 Å². The lowest BCUT2D eigenvalue weighted by Gasteiger charge is -2.38. The second kappa shape index (κ2) is 9.61. The van der Waals surface area contributed by atoms with Crippen LogP contribution in [0.2, 0.25) is 0 Å². The summed E-state index contributed by atoms with van der Waals surface area (Å²) in [6, 6.07) is 5.77. The molecule has 2 N–H and O–H groups in total. The molecule has 9 heteroatoms. The molecule has 1 unspecified atom stereocenters. The molecule has 27 heavy (non-hydrogen) atoms. The van der Waals surface area contributed by atoms with E-state index in [0.717, 1.165) is 12.8 Å². The summed E-state index contributed by atoms with van der Waals surface area (Å²) in [5.74, 6) is -1.25. The van der Waals surface area contributed by atoms with Gasteiger partial charge in [-0.25, -0.2) is 0 Å². The first-order valence-corrected chi connectivity index (χ1v) is 8.78. The van der Waals surface area contributed by atoms with Crippen LogP contribution in [0.5, 0.6) is 5.75 Å². The van der Waals surface area contributed by atoms with E-state index < -0.39 is 18.6 Å². The third-order valence-electron chi connectivity index (χ3n) is 4.80. The monoisotopic (exact) mass is 385 g/mol. The van der Waals surface area contributed by atoms with E-state index >= 15 is 0 Å². The molecule has 1 heterocycles. The van der Waals surface area contributed by atoms with Crippen LogP contribution in [0.25, 0.3) is 0 Å². The van der Waals surface area contributed by atoms with E-state index in [0.29, 0.717) is 13.1 Å². The first kappa shape index (κ1) is 21.0. The predicted molar refractivity (Wildman–Crippen MR) is 96.0 cm³/mol. The number of anilines is 1. The smallest absolute Gasteiger partial charge is 0.387 e. The molecule has 0 aliphatic carbocycles. The maximum Gasteiger partial charge on any atom is 0.387 e.